The van der Waals surface area contributed by atoms with Gasteiger partial charge in [-0.3, -0.25) is 15.1 Å². The van der Waals surface area contributed by atoms with E-state index in [9.17, 15) is 10.1 Å². The molecule has 1 heterocycles. The number of nitro groups is 1. The van der Waals surface area contributed by atoms with Crippen LogP contribution in [0.25, 0.3) is 0 Å². The van der Waals surface area contributed by atoms with Crippen LogP contribution in [0.1, 0.15) is 5.56 Å². The van der Waals surface area contributed by atoms with Crippen molar-refractivity contribution in [3.05, 3.63) is 62.9 Å². The van der Waals surface area contributed by atoms with Crippen LogP contribution < -0.4 is 5.32 Å². The SMILES string of the molecule is O=[N+]([O-])c1ccccc1CNc1cncc(Br)c1. The molecule has 0 atom stereocenters. The van der Waals surface area contributed by atoms with E-state index in [0.717, 1.165) is 10.2 Å². The zero-order valence-corrected chi connectivity index (χ0v) is 10.9. The smallest absolute Gasteiger partial charge is 0.274 e. The molecule has 0 saturated carbocycles. The maximum atomic E-state index is 10.8. The summed E-state index contributed by atoms with van der Waals surface area (Å²) < 4.78 is 0.857. The van der Waals surface area contributed by atoms with Crippen molar-refractivity contribution in [1.82, 2.24) is 4.98 Å². The predicted octanol–water partition coefficient (Wildman–Crippen LogP) is 3.36. The first-order valence-corrected chi connectivity index (χ1v) is 6.03. The molecular formula is C12H10BrN3O2. The molecule has 0 aliphatic rings. The molecule has 0 aliphatic heterocycles. The topological polar surface area (TPSA) is 68.1 Å². The Labute approximate surface area is 112 Å². The third-order valence-corrected chi connectivity index (χ3v) is 2.81. The fourth-order valence-corrected chi connectivity index (χ4v) is 1.91. The van der Waals surface area contributed by atoms with Crippen LogP contribution in [0.5, 0.6) is 0 Å². The van der Waals surface area contributed by atoms with E-state index in [-0.39, 0.29) is 10.6 Å². The molecule has 1 aromatic carbocycles. The van der Waals surface area contributed by atoms with Gasteiger partial charge in [0.05, 0.1) is 16.8 Å². The predicted molar refractivity (Wildman–Crippen MR) is 72.4 cm³/mol. The van der Waals surface area contributed by atoms with Crippen molar-refractivity contribution < 1.29 is 4.92 Å². The number of nitrogens with zero attached hydrogens (tertiary/aromatic N) is 2. The van der Waals surface area contributed by atoms with Gasteiger partial charge in [-0.15, -0.1) is 0 Å². The van der Waals surface area contributed by atoms with Crippen molar-refractivity contribution in [3.8, 4) is 0 Å². The summed E-state index contributed by atoms with van der Waals surface area (Å²) in [6, 6.07) is 8.53. The number of rotatable bonds is 4. The number of hydrogen-bond acceptors (Lipinski definition) is 4. The maximum absolute atomic E-state index is 10.8. The first kappa shape index (κ1) is 12.5. The van der Waals surface area contributed by atoms with E-state index in [1.807, 2.05) is 6.07 Å². The van der Waals surface area contributed by atoms with Crippen LogP contribution in [0.4, 0.5) is 11.4 Å². The lowest BCUT2D eigenvalue weighted by Gasteiger charge is -2.06. The summed E-state index contributed by atoms with van der Waals surface area (Å²) in [5.41, 5.74) is 1.57. The maximum Gasteiger partial charge on any atom is 0.274 e. The number of nitrogens with one attached hydrogen (secondary N) is 1. The lowest BCUT2D eigenvalue weighted by Crippen LogP contribution is -2.03. The third kappa shape index (κ3) is 3.04. The number of nitro benzene ring substituents is 1. The molecule has 2 aromatic rings. The monoisotopic (exact) mass is 307 g/mol. The van der Waals surface area contributed by atoms with E-state index in [1.54, 1.807) is 30.6 Å². The second-order valence-electron chi connectivity index (χ2n) is 3.63. The number of halogens is 1. The first-order valence-electron chi connectivity index (χ1n) is 5.23. The largest absolute Gasteiger partial charge is 0.379 e. The fraction of sp³-hybridized carbons (Fsp3) is 0.0833. The summed E-state index contributed by atoms with van der Waals surface area (Å²) in [6.45, 7) is 0.384. The highest BCUT2D eigenvalue weighted by Crippen LogP contribution is 2.20. The summed E-state index contributed by atoms with van der Waals surface area (Å²) in [7, 11) is 0. The molecule has 0 aliphatic carbocycles. The molecule has 0 radical (unpaired) electrons. The Morgan fingerprint density at radius 3 is 2.83 bits per heavy atom. The standard InChI is InChI=1S/C12H10BrN3O2/c13-10-5-11(8-14-7-10)15-6-9-3-1-2-4-12(9)16(17)18/h1-5,7-8,15H,6H2. The van der Waals surface area contributed by atoms with Crippen LogP contribution in [0.2, 0.25) is 0 Å². The minimum atomic E-state index is -0.379. The van der Waals surface area contributed by atoms with Gasteiger partial charge in [-0.05, 0) is 22.0 Å². The first-order chi connectivity index (χ1) is 8.66. The molecule has 5 nitrogen and oxygen atoms in total. The van der Waals surface area contributed by atoms with Gasteiger partial charge in [0.15, 0.2) is 0 Å². The van der Waals surface area contributed by atoms with Crippen molar-refractivity contribution in [1.29, 1.82) is 0 Å². The number of hydrogen-bond donors (Lipinski definition) is 1. The molecule has 0 amide bonds. The Kier molecular flexibility index (Phi) is 3.88. The quantitative estimate of drug-likeness (QED) is 0.694. The van der Waals surface area contributed by atoms with Gasteiger partial charge in [-0.2, -0.15) is 0 Å². The Bertz CT molecular complexity index is 575. The van der Waals surface area contributed by atoms with Crippen LogP contribution >= 0.6 is 15.9 Å². The van der Waals surface area contributed by atoms with E-state index in [1.165, 1.54) is 6.07 Å². The highest BCUT2D eigenvalue weighted by molar-refractivity contribution is 9.10. The van der Waals surface area contributed by atoms with Crippen LogP contribution in [0.15, 0.2) is 47.2 Å². The summed E-state index contributed by atoms with van der Waals surface area (Å²) in [6.07, 6.45) is 3.34. The number of pyridine rings is 1. The highest BCUT2D eigenvalue weighted by Gasteiger charge is 2.11. The Morgan fingerprint density at radius 2 is 2.11 bits per heavy atom. The summed E-state index contributed by atoms with van der Waals surface area (Å²) in [5, 5.41) is 13.9. The van der Waals surface area contributed by atoms with Crippen molar-refractivity contribution in [2.24, 2.45) is 0 Å². The average Bonchev–Trinajstić information content (AvgIpc) is 2.37. The Balaban J connectivity index is 2.13. The van der Waals surface area contributed by atoms with Crippen LogP contribution in [0.3, 0.4) is 0 Å². The van der Waals surface area contributed by atoms with Crippen LogP contribution in [-0.2, 0) is 6.54 Å². The third-order valence-electron chi connectivity index (χ3n) is 2.38. The van der Waals surface area contributed by atoms with Gasteiger partial charge in [0, 0.05) is 28.8 Å². The number of para-hydroxylation sites is 1. The number of aromatic nitrogens is 1. The molecular weight excluding hydrogens is 298 g/mol. The van der Waals surface area contributed by atoms with Crippen LogP contribution in [0, 0.1) is 10.1 Å². The molecule has 1 N–H and O–H groups in total. The molecule has 18 heavy (non-hydrogen) atoms. The van der Waals surface area contributed by atoms with Gasteiger partial charge < -0.3 is 5.32 Å². The number of anilines is 1. The molecule has 1 aromatic heterocycles. The van der Waals surface area contributed by atoms with Gasteiger partial charge in [0.25, 0.3) is 5.69 Å². The van der Waals surface area contributed by atoms with Gasteiger partial charge in [0.2, 0.25) is 0 Å². The molecule has 0 spiro atoms. The second kappa shape index (κ2) is 5.59. The molecule has 92 valence electrons. The van der Waals surface area contributed by atoms with Gasteiger partial charge in [-0.25, -0.2) is 0 Å². The van der Waals surface area contributed by atoms with Crippen molar-refractivity contribution in [3.63, 3.8) is 0 Å². The zero-order valence-electron chi connectivity index (χ0n) is 9.34. The molecule has 0 saturated heterocycles. The minimum Gasteiger partial charge on any atom is -0.379 e. The second-order valence-corrected chi connectivity index (χ2v) is 4.55. The Morgan fingerprint density at radius 1 is 1.33 bits per heavy atom. The summed E-state index contributed by atoms with van der Waals surface area (Å²) in [4.78, 5) is 14.5. The van der Waals surface area contributed by atoms with Crippen molar-refractivity contribution in [2.45, 2.75) is 6.54 Å². The van der Waals surface area contributed by atoms with Gasteiger partial charge in [0.1, 0.15) is 0 Å². The Hall–Kier alpha value is -1.95. The molecule has 0 fully saturated rings. The van der Waals surface area contributed by atoms with Crippen LogP contribution in [-0.4, -0.2) is 9.91 Å². The van der Waals surface area contributed by atoms with E-state index in [4.69, 9.17) is 0 Å². The van der Waals surface area contributed by atoms with Crippen molar-refractivity contribution >= 4 is 27.3 Å². The zero-order chi connectivity index (χ0) is 13.0. The minimum absolute atomic E-state index is 0.118. The highest BCUT2D eigenvalue weighted by atomic mass is 79.9. The lowest BCUT2D eigenvalue weighted by molar-refractivity contribution is -0.385. The van der Waals surface area contributed by atoms with E-state index in [2.05, 4.69) is 26.2 Å². The summed E-state index contributed by atoms with van der Waals surface area (Å²) >= 11 is 3.32. The molecule has 0 bridgehead atoms. The van der Waals surface area contributed by atoms with E-state index >= 15 is 0 Å². The van der Waals surface area contributed by atoms with Gasteiger partial charge in [-0.1, -0.05) is 18.2 Å². The molecule has 6 heteroatoms. The molecule has 0 unspecified atom stereocenters. The van der Waals surface area contributed by atoms with E-state index in [0.29, 0.717) is 12.1 Å². The normalized spacial score (nSPS) is 10.1. The molecule has 2 rings (SSSR count). The number of benzene rings is 1. The van der Waals surface area contributed by atoms with Gasteiger partial charge >= 0.3 is 0 Å². The fourth-order valence-electron chi connectivity index (χ4n) is 1.54. The summed E-state index contributed by atoms with van der Waals surface area (Å²) in [5.74, 6) is 0. The lowest BCUT2D eigenvalue weighted by atomic mass is 10.2. The van der Waals surface area contributed by atoms with E-state index < -0.39 is 0 Å². The average molecular weight is 308 g/mol. The van der Waals surface area contributed by atoms with Crippen molar-refractivity contribution in [2.75, 3.05) is 5.32 Å².